The monoisotopic (exact) mass is 616 g/mol. The molecule has 128 valence electrons. The van der Waals surface area contributed by atoms with Gasteiger partial charge in [-0.05, 0) is 87.7 Å². The van der Waals surface area contributed by atoms with Gasteiger partial charge in [-0.15, -0.1) is 0 Å². The maximum atomic E-state index is 10.2. The molecule has 1 heterocycles. The van der Waals surface area contributed by atoms with Crippen molar-refractivity contribution >= 4 is 86.8 Å². The Morgan fingerprint density at radius 2 is 2.00 bits per heavy atom. The summed E-state index contributed by atoms with van der Waals surface area (Å²) in [7, 11) is 0. The molecule has 1 aromatic heterocycles. The molecule has 0 aliphatic heterocycles. The predicted molar refractivity (Wildman–Crippen MR) is 119 cm³/mol. The van der Waals surface area contributed by atoms with E-state index in [1.54, 1.807) is 18.2 Å². The van der Waals surface area contributed by atoms with Crippen LogP contribution in [0.4, 0.5) is 0 Å². The molecule has 3 aromatic rings. The second-order valence-electron chi connectivity index (χ2n) is 4.86. The zero-order valence-corrected chi connectivity index (χ0v) is 18.8. The quantitative estimate of drug-likeness (QED) is 0.225. The molecular formula is C15H8Cl2I2N4OS. The SMILES string of the molecule is Oc1c(I)cc(I)cc1/C=N\n1c(-c2ccc(Cl)cc2Cl)n[nH]c1=S. The first-order valence-corrected chi connectivity index (χ1v) is 10.0. The number of aromatic hydroxyl groups is 1. The minimum atomic E-state index is 0.158. The Bertz CT molecular complexity index is 1050. The summed E-state index contributed by atoms with van der Waals surface area (Å²) in [6.07, 6.45) is 1.53. The smallest absolute Gasteiger partial charge is 0.216 e. The molecule has 0 amide bonds. The molecule has 0 atom stereocenters. The van der Waals surface area contributed by atoms with Crippen molar-refractivity contribution in [2.24, 2.45) is 5.10 Å². The number of benzene rings is 2. The zero-order chi connectivity index (χ0) is 18.1. The molecule has 5 nitrogen and oxygen atoms in total. The molecule has 0 saturated heterocycles. The summed E-state index contributed by atoms with van der Waals surface area (Å²) in [5.41, 5.74) is 1.21. The number of hydrogen-bond donors (Lipinski definition) is 2. The van der Waals surface area contributed by atoms with Crippen molar-refractivity contribution in [3.8, 4) is 17.1 Å². The van der Waals surface area contributed by atoms with Crippen LogP contribution in [0, 0.1) is 11.9 Å². The fraction of sp³-hybridized carbons (Fsp3) is 0. The van der Waals surface area contributed by atoms with Crippen molar-refractivity contribution in [2.45, 2.75) is 0 Å². The maximum absolute atomic E-state index is 10.2. The van der Waals surface area contributed by atoms with Crippen LogP contribution in [0.1, 0.15) is 5.56 Å². The van der Waals surface area contributed by atoms with Gasteiger partial charge in [-0.1, -0.05) is 23.2 Å². The topological polar surface area (TPSA) is 66.2 Å². The molecule has 25 heavy (non-hydrogen) atoms. The lowest BCUT2D eigenvalue weighted by Gasteiger charge is -2.05. The van der Waals surface area contributed by atoms with E-state index in [0.29, 0.717) is 31.8 Å². The molecule has 3 rings (SSSR count). The van der Waals surface area contributed by atoms with Gasteiger partial charge in [-0.2, -0.15) is 14.9 Å². The van der Waals surface area contributed by atoms with Crippen molar-refractivity contribution in [3.05, 3.63) is 57.9 Å². The number of phenolic OH excluding ortho intramolecular Hbond substituents is 1. The summed E-state index contributed by atoms with van der Waals surface area (Å²) in [5.74, 6) is 0.605. The van der Waals surface area contributed by atoms with Gasteiger partial charge in [-0.25, -0.2) is 5.10 Å². The molecule has 0 bridgehead atoms. The van der Waals surface area contributed by atoms with Crippen molar-refractivity contribution < 1.29 is 5.11 Å². The van der Waals surface area contributed by atoms with Gasteiger partial charge in [0.2, 0.25) is 4.77 Å². The second-order valence-corrected chi connectivity index (χ2v) is 8.50. The molecule has 0 aliphatic carbocycles. The van der Waals surface area contributed by atoms with Crippen molar-refractivity contribution in [1.82, 2.24) is 14.9 Å². The van der Waals surface area contributed by atoms with Crippen LogP contribution in [-0.2, 0) is 0 Å². The highest BCUT2D eigenvalue weighted by atomic mass is 127. The Hall–Kier alpha value is -0.690. The third-order valence-electron chi connectivity index (χ3n) is 3.19. The third kappa shape index (κ3) is 4.18. The molecule has 0 spiro atoms. The van der Waals surface area contributed by atoms with E-state index in [-0.39, 0.29) is 5.75 Å². The second kappa shape index (κ2) is 7.91. The van der Waals surface area contributed by atoms with E-state index in [2.05, 4.69) is 60.5 Å². The zero-order valence-electron chi connectivity index (χ0n) is 12.2. The van der Waals surface area contributed by atoms with Gasteiger partial charge in [-0.3, -0.25) is 0 Å². The average Bonchev–Trinajstić information content (AvgIpc) is 2.90. The van der Waals surface area contributed by atoms with E-state index in [0.717, 1.165) is 7.14 Å². The first-order chi connectivity index (χ1) is 11.9. The van der Waals surface area contributed by atoms with Gasteiger partial charge in [0.15, 0.2) is 5.82 Å². The number of aromatic nitrogens is 3. The van der Waals surface area contributed by atoms with E-state index in [1.165, 1.54) is 10.9 Å². The number of aromatic amines is 1. The summed E-state index contributed by atoms with van der Waals surface area (Å²) < 4.78 is 3.47. The van der Waals surface area contributed by atoms with Crippen molar-refractivity contribution in [3.63, 3.8) is 0 Å². The molecule has 0 radical (unpaired) electrons. The Balaban J connectivity index is 2.08. The molecule has 10 heteroatoms. The number of halogens is 4. The molecular weight excluding hydrogens is 609 g/mol. The van der Waals surface area contributed by atoms with Crippen LogP contribution in [-0.4, -0.2) is 26.2 Å². The van der Waals surface area contributed by atoms with Gasteiger partial charge < -0.3 is 5.11 Å². The lowest BCUT2D eigenvalue weighted by molar-refractivity contribution is 0.470. The Kier molecular flexibility index (Phi) is 6.03. The molecule has 0 fully saturated rings. The van der Waals surface area contributed by atoms with E-state index < -0.39 is 0 Å². The largest absolute Gasteiger partial charge is 0.506 e. The first-order valence-electron chi connectivity index (χ1n) is 6.72. The van der Waals surface area contributed by atoms with Crippen molar-refractivity contribution in [2.75, 3.05) is 0 Å². The molecule has 0 saturated carbocycles. The fourth-order valence-corrected chi connectivity index (χ4v) is 4.61. The molecule has 0 aliphatic rings. The number of rotatable bonds is 3. The summed E-state index contributed by atoms with van der Waals surface area (Å²) in [5, 5.41) is 22.4. The van der Waals surface area contributed by atoms with Crippen LogP contribution >= 0.6 is 80.6 Å². The van der Waals surface area contributed by atoms with Crippen LogP contribution in [0.2, 0.25) is 10.0 Å². The number of nitrogens with zero attached hydrogens (tertiary/aromatic N) is 3. The van der Waals surface area contributed by atoms with E-state index >= 15 is 0 Å². The van der Waals surface area contributed by atoms with Gasteiger partial charge >= 0.3 is 0 Å². The lowest BCUT2D eigenvalue weighted by Crippen LogP contribution is -1.96. The summed E-state index contributed by atoms with van der Waals surface area (Å²) in [6.45, 7) is 0. The minimum Gasteiger partial charge on any atom is -0.506 e. The van der Waals surface area contributed by atoms with Crippen LogP contribution in [0.25, 0.3) is 11.4 Å². The van der Waals surface area contributed by atoms with E-state index in [9.17, 15) is 5.11 Å². The average molecular weight is 617 g/mol. The molecule has 2 aromatic carbocycles. The predicted octanol–water partition coefficient (Wildman–Crippen LogP) is 5.71. The van der Waals surface area contributed by atoms with Gasteiger partial charge in [0.05, 0.1) is 14.8 Å². The number of nitrogens with one attached hydrogen (secondary N) is 1. The van der Waals surface area contributed by atoms with E-state index in [1.807, 2.05) is 12.1 Å². The minimum absolute atomic E-state index is 0.158. The Labute approximate surface area is 185 Å². The lowest BCUT2D eigenvalue weighted by atomic mass is 10.2. The normalized spacial score (nSPS) is 11.4. The van der Waals surface area contributed by atoms with Crippen LogP contribution in [0.3, 0.4) is 0 Å². The van der Waals surface area contributed by atoms with Crippen molar-refractivity contribution in [1.29, 1.82) is 0 Å². The highest BCUT2D eigenvalue weighted by Crippen LogP contribution is 2.29. The van der Waals surface area contributed by atoms with Gasteiger partial charge in [0.25, 0.3) is 0 Å². The summed E-state index contributed by atoms with van der Waals surface area (Å²) in [4.78, 5) is 0. The number of hydrogen-bond acceptors (Lipinski definition) is 4. The highest BCUT2D eigenvalue weighted by Gasteiger charge is 2.13. The van der Waals surface area contributed by atoms with Crippen LogP contribution in [0.5, 0.6) is 5.75 Å². The standard InChI is InChI=1S/C15H8Cl2I2N4OS/c16-8-1-2-10(11(17)4-8)14-21-22-15(25)23(14)20-6-7-3-9(18)5-12(19)13(7)24/h1-6,24H,(H,22,25)/b20-6-. The van der Waals surface area contributed by atoms with Crippen LogP contribution < -0.4 is 0 Å². The maximum Gasteiger partial charge on any atom is 0.216 e. The summed E-state index contributed by atoms with van der Waals surface area (Å²) >= 11 is 21.7. The van der Waals surface area contributed by atoms with Gasteiger partial charge in [0.1, 0.15) is 5.75 Å². The number of phenols is 1. The Morgan fingerprint density at radius 3 is 2.72 bits per heavy atom. The highest BCUT2D eigenvalue weighted by molar-refractivity contribution is 14.1. The third-order valence-corrected chi connectivity index (χ3v) is 5.45. The number of H-pyrrole nitrogens is 1. The molecule has 2 N–H and O–H groups in total. The molecule has 0 unspecified atom stereocenters. The fourth-order valence-electron chi connectivity index (χ4n) is 2.05. The van der Waals surface area contributed by atoms with E-state index in [4.69, 9.17) is 35.4 Å². The summed E-state index contributed by atoms with van der Waals surface area (Å²) in [6, 6.07) is 8.77. The van der Waals surface area contributed by atoms with Crippen LogP contribution in [0.15, 0.2) is 35.4 Å². The Morgan fingerprint density at radius 1 is 1.24 bits per heavy atom. The van der Waals surface area contributed by atoms with Gasteiger partial charge in [0, 0.05) is 19.7 Å². The first kappa shape index (κ1) is 19.1.